The van der Waals surface area contributed by atoms with Gasteiger partial charge >= 0.3 is 0 Å². The summed E-state index contributed by atoms with van der Waals surface area (Å²) in [6, 6.07) is 10.2. The standard InChI is InChI=1S/C15H18ClN3/c1-10-3-4-12(7-11(10)2)8-15(19-17)14-6-5-13(16)9-18-14/h3-7,9,15,19H,8,17H2,1-2H3. The monoisotopic (exact) mass is 275 g/mol. The SMILES string of the molecule is Cc1ccc(CC(NN)c2ccc(Cl)cn2)cc1C. The lowest BCUT2D eigenvalue weighted by atomic mass is 9.99. The molecule has 1 aromatic heterocycles. The van der Waals surface area contributed by atoms with Crippen molar-refractivity contribution in [2.75, 3.05) is 0 Å². The van der Waals surface area contributed by atoms with Gasteiger partial charge in [0, 0.05) is 6.20 Å². The minimum atomic E-state index is -0.0145. The quantitative estimate of drug-likeness (QED) is 0.666. The smallest absolute Gasteiger partial charge is 0.0672 e. The molecule has 1 heterocycles. The fourth-order valence-corrected chi connectivity index (χ4v) is 2.12. The van der Waals surface area contributed by atoms with Crippen molar-refractivity contribution in [3.05, 3.63) is 63.9 Å². The first-order valence-corrected chi connectivity index (χ1v) is 6.61. The fraction of sp³-hybridized carbons (Fsp3) is 0.267. The van der Waals surface area contributed by atoms with Crippen LogP contribution in [0.1, 0.15) is 28.4 Å². The first kappa shape index (κ1) is 14.0. The second-order valence-corrected chi connectivity index (χ2v) is 5.18. The summed E-state index contributed by atoms with van der Waals surface area (Å²) in [7, 11) is 0. The molecule has 0 spiro atoms. The molecule has 0 aliphatic carbocycles. The lowest BCUT2D eigenvalue weighted by molar-refractivity contribution is 0.538. The molecule has 0 aliphatic heterocycles. The molecule has 0 amide bonds. The van der Waals surface area contributed by atoms with Crippen LogP contribution < -0.4 is 11.3 Å². The van der Waals surface area contributed by atoms with E-state index in [1.165, 1.54) is 16.7 Å². The summed E-state index contributed by atoms with van der Waals surface area (Å²) < 4.78 is 0. The molecular formula is C15H18ClN3. The van der Waals surface area contributed by atoms with E-state index in [1.807, 2.05) is 12.1 Å². The number of pyridine rings is 1. The number of hydrogen-bond donors (Lipinski definition) is 2. The average molecular weight is 276 g/mol. The highest BCUT2D eigenvalue weighted by molar-refractivity contribution is 6.30. The molecule has 1 unspecified atom stereocenters. The first-order chi connectivity index (χ1) is 9.10. The molecule has 4 heteroatoms. The van der Waals surface area contributed by atoms with Crippen LogP contribution in [-0.4, -0.2) is 4.98 Å². The van der Waals surface area contributed by atoms with Crippen LogP contribution in [0.2, 0.25) is 5.02 Å². The van der Waals surface area contributed by atoms with Gasteiger partial charge in [0.1, 0.15) is 0 Å². The molecule has 3 nitrogen and oxygen atoms in total. The molecule has 2 aromatic rings. The number of nitrogens with one attached hydrogen (secondary N) is 1. The zero-order valence-corrected chi connectivity index (χ0v) is 11.9. The molecule has 0 radical (unpaired) electrons. The predicted molar refractivity (Wildman–Crippen MR) is 78.9 cm³/mol. The molecule has 1 atom stereocenters. The highest BCUT2D eigenvalue weighted by Gasteiger charge is 2.12. The van der Waals surface area contributed by atoms with E-state index < -0.39 is 0 Å². The first-order valence-electron chi connectivity index (χ1n) is 6.24. The van der Waals surface area contributed by atoms with Gasteiger partial charge in [-0.05, 0) is 49.1 Å². The van der Waals surface area contributed by atoms with Crippen LogP contribution in [0.4, 0.5) is 0 Å². The molecule has 2 rings (SSSR count). The summed E-state index contributed by atoms with van der Waals surface area (Å²) in [6.07, 6.45) is 2.44. The normalized spacial score (nSPS) is 12.4. The maximum Gasteiger partial charge on any atom is 0.0672 e. The Kier molecular flexibility index (Phi) is 4.53. The van der Waals surface area contributed by atoms with Crippen molar-refractivity contribution in [2.45, 2.75) is 26.3 Å². The summed E-state index contributed by atoms with van der Waals surface area (Å²) in [5, 5.41) is 0.630. The van der Waals surface area contributed by atoms with Crippen molar-refractivity contribution in [3.8, 4) is 0 Å². The second-order valence-electron chi connectivity index (χ2n) is 4.74. The van der Waals surface area contributed by atoms with E-state index >= 15 is 0 Å². The molecule has 3 N–H and O–H groups in total. The number of hydrogen-bond acceptors (Lipinski definition) is 3. The van der Waals surface area contributed by atoms with Crippen molar-refractivity contribution >= 4 is 11.6 Å². The number of aryl methyl sites for hydroxylation is 2. The molecular weight excluding hydrogens is 258 g/mol. The van der Waals surface area contributed by atoms with E-state index in [0.29, 0.717) is 5.02 Å². The molecule has 0 aliphatic rings. The Morgan fingerprint density at radius 3 is 2.58 bits per heavy atom. The van der Waals surface area contributed by atoms with Crippen molar-refractivity contribution in [3.63, 3.8) is 0 Å². The summed E-state index contributed by atoms with van der Waals surface area (Å²) in [5.74, 6) is 5.64. The van der Waals surface area contributed by atoms with E-state index in [-0.39, 0.29) is 6.04 Å². The van der Waals surface area contributed by atoms with Crippen LogP contribution in [0.3, 0.4) is 0 Å². The van der Waals surface area contributed by atoms with Crippen LogP contribution in [0.25, 0.3) is 0 Å². The van der Waals surface area contributed by atoms with Gasteiger partial charge in [0.15, 0.2) is 0 Å². The molecule has 1 aromatic carbocycles. The minimum Gasteiger partial charge on any atom is -0.271 e. The third-order valence-electron chi connectivity index (χ3n) is 3.32. The van der Waals surface area contributed by atoms with Gasteiger partial charge in [-0.15, -0.1) is 0 Å². The molecule has 19 heavy (non-hydrogen) atoms. The Labute approximate surface area is 118 Å². The minimum absolute atomic E-state index is 0.0145. The number of hydrazine groups is 1. The Bertz CT molecular complexity index is 552. The van der Waals surface area contributed by atoms with Crippen molar-refractivity contribution < 1.29 is 0 Å². The Morgan fingerprint density at radius 1 is 1.21 bits per heavy atom. The van der Waals surface area contributed by atoms with Gasteiger partial charge in [0.2, 0.25) is 0 Å². The molecule has 0 saturated heterocycles. The van der Waals surface area contributed by atoms with Crippen LogP contribution in [0.5, 0.6) is 0 Å². The lowest BCUT2D eigenvalue weighted by Crippen LogP contribution is -2.30. The van der Waals surface area contributed by atoms with Crippen LogP contribution in [-0.2, 0) is 6.42 Å². The average Bonchev–Trinajstić information content (AvgIpc) is 2.41. The molecule has 0 saturated carbocycles. The van der Waals surface area contributed by atoms with Crippen LogP contribution in [0, 0.1) is 13.8 Å². The number of benzene rings is 1. The molecule has 100 valence electrons. The zero-order chi connectivity index (χ0) is 13.8. The van der Waals surface area contributed by atoms with Gasteiger partial charge in [-0.25, -0.2) is 0 Å². The maximum atomic E-state index is 5.84. The van der Waals surface area contributed by atoms with Crippen molar-refractivity contribution in [2.24, 2.45) is 5.84 Å². The third-order valence-corrected chi connectivity index (χ3v) is 3.54. The van der Waals surface area contributed by atoms with E-state index in [4.69, 9.17) is 17.4 Å². The van der Waals surface area contributed by atoms with Gasteiger partial charge in [-0.3, -0.25) is 16.3 Å². The van der Waals surface area contributed by atoms with Crippen molar-refractivity contribution in [1.29, 1.82) is 0 Å². The lowest BCUT2D eigenvalue weighted by Gasteiger charge is -2.16. The van der Waals surface area contributed by atoms with E-state index in [9.17, 15) is 0 Å². The number of aromatic nitrogens is 1. The highest BCUT2D eigenvalue weighted by atomic mass is 35.5. The van der Waals surface area contributed by atoms with Gasteiger partial charge in [-0.1, -0.05) is 29.8 Å². The van der Waals surface area contributed by atoms with Gasteiger partial charge in [0.25, 0.3) is 0 Å². The van der Waals surface area contributed by atoms with Gasteiger partial charge in [0.05, 0.1) is 16.8 Å². The van der Waals surface area contributed by atoms with E-state index in [2.05, 4.69) is 42.5 Å². The Balaban J connectivity index is 2.18. The highest BCUT2D eigenvalue weighted by Crippen LogP contribution is 2.19. The van der Waals surface area contributed by atoms with Gasteiger partial charge < -0.3 is 0 Å². The largest absolute Gasteiger partial charge is 0.271 e. The van der Waals surface area contributed by atoms with Gasteiger partial charge in [-0.2, -0.15) is 0 Å². The summed E-state index contributed by atoms with van der Waals surface area (Å²) >= 11 is 5.84. The van der Waals surface area contributed by atoms with E-state index in [0.717, 1.165) is 12.1 Å². The number of nitrogens with zero attached hydrogens (tertiary/aromatic N) is 1. The van der Waals surface area contributed by atoms with Crippen molar-refractivity contribution in [1.82, 2.24) is 10.4 Å². The molecule has 0 bridgehead atoms. The summed E-state index contributed by atoms with van der Waals surface area (Å²) in [5.41, 5.74) is 7.53. The Morgan fingerprint density at radius 2 is 2.00 bits per heavy atom. The number of rotatable bonds is 4. The Hall–Kier alpha value is -1.42. The van der Waals surface area contributed by atoms with Crippen LogP contribution in [0.15, 0.2) is 36.5 Å². The zero-order valence-electron chi connectivity index (χ0n) is 11.2. The van der Waals surface area contributed by atoms with E-state index in [1.54, 1.807) is 6.20 Å². The summed E-state index contributed by atoms with van der Waals surface area (Å²) in [6.45, 7) is 4.22. The maximum absolute atomic E-state index is 5.84. The number of halogens is 1. The topological polar surface area (TPSA) is 50.9 Å². The third kappa shape index (κ3) is 3.53. The fourth-order valence-electron chi connectivity index (χ4n) is 2.01. The second kappa shape index (κ2) is 6.15. The number of nitrogens with two attached hydrogens (primary N) is 1. The molecule has 0 fully saturated rings. The predicted octanol–water partition coefficient (Wildman–Crippen LogP) is 3.10. The van der Waals surface area contributed by atoms with Crippen LogP contribution >= 0.6 is 11.6 Å². The summed E-state index contributed by atoms with van der Waals surface area (Å²) in [4.78, 5) is 4.31.